The number of halogens is 1. The number of likely N-dealkylation sites (tertiary alicyclic amines) is 1. The molecular formula is C10H20ClN3O. The lowest BCUT2D eigenvalue weighted by Gasteiger charge is -2.28. The molecule has 0 bridgehead atoms. The molecule has 0 radical (unpaired) electrons. The zero-order valence-corrected chi connectivity index (χ0v) is 9.76. The Hall–Kier alpha value is -0.320. The Balaban J connectivity index is 0.00000112. The summed E-state index contributed by atoms with van der Waals surface area (Å²) in [7, 11) is 0. The summed E-state index contributed by atoms with van der Waals surface area (Å²) < 4.78 is 0. The quantitative estimate of drug-likeness (QED) is 0.682. The predicted octanol–water partition coefficient (Wildman–Crippen LogP) is 0.239. The van der Waals surface area contributed by atoms with Crippen LogP contribution in [0.4, 0.5) is 0 Å². The van der Waals surface area contributed by atoms with Crippen LogP contribution in [0.3, 0.4) is 0 Å². The zero-order valence-electron chi connectivity index (χ0n) is 8.95. The highest BCUT2D eigenvalue weighted by molar-refractivity contribution is 5.86. The minimum absolute atomic E-state index is 0. The molecule has 0 unspecified atom stereocenters. The fourth-order valence-corrected chi connectivity index (χ4v) is 2.51. The largest absolute Gasteiger partial charge is 0.339 e. The summed E-state index contributed by atoms with van der Waals surface area (Å²) in [6.07, 6.45) is 4.78. The minimum atomic E-state index is -0.565. The Morgan fingerprint density at radius 3 is 2.40 bits per heavy atom. The van der Waals surface area contributed by atoms with Gasteiger partial charge in [-0.05, 0) is 19.3 Å². The van der Waals surface area contributed by atoms with E-state index in [9.17, 15) is 4.79 Å². The predicted molar refractivity (Wildman–Crippen MR) is 61.8 cm³/mol. The van der Waals surface area contributed by atoms with Crippen LogP contribution >= 0.6 is 12.4 Å². The van der Waals surface area contributed by atoms with Crippen molar-refractivity contribution in [2.45, 2.75) is 43.7 Å². The van der Waals surface area contributed by atoms with E-state index in [1.54, 1.807) is 0 Å². The van der Waals surface area contributed by atoms with Crippen molar-refractivity contribution in [2.75, 3.05) is 13.1 Å². The van der Waals surface area contributed by atoms with Gasteiger partial charge in [0.25, 0.3) is 0 Å². The van der Waals surface area contributed by atoms with Gasteiger partial charge in [-0.15, -0.1) is 12.4 Å². The van der Waals surface area contributed by atoms with Crippen LogP contribution < -0.4 is 11.5 Å². The summed E-state index contributed by atoms with van der Waals surface area (Å²) in [4.78, 5) is 13.9. The maximum Gasteiger partial charge on any atom is 0.242 e. The summed E-state index contributed by atoms with van der Waals surface area (Å²) in [5.74, 6) is 0.128. The lowest BCUT2D eigenvalue weighted by atomic mass is 9.97. The van der Waals surface area contributed by atoms with E-state index in [0.717, 1.165) is 38.6 Å². The van der Waals surface area contributed by atoms with Gasteiger partial charge in [-0.25, -0.2) is 0 Å². The van der Waals surface area contributed by atoms with Crippen LogP contribution in [-0.2, 0) is 4.79 Å². The van der Waals surface area contributed by atoms with Gasteiger partial charge in [-0.3, -0.25) is 4.79 Å². The molecule has 4 N–H and O–H groups in total. The molecule has 0 aromatic rings. The molecule has 1 atom stereocenters. The van der Waals surface area contributed by atoms with Gasteiger partial charge in [0.2, 0.25) is 5.91 Å². The highest BCUT2D eigenvalue weighted by Gasteiger charge is 2.41. The van der Waals surface area contributed by atoms with Crippen molar-refractivity contribution in [1.82, 2.24) is 4.90 Å². The molecule has 1 aliphatic carbocycles. The summed E-state index contributed by atoms with van der Waals surface area (Å²) in [6.45, 7) is 1.48. The first-order valence-electron chi connectivity index (χ1n) is 5.46. The molecule has 2 fully saturated rings. The second-order valence-electron chi connectivity index (χ2n) is 4.66. The average molecular weight is 234 g/mol. The van der Waals surface area contributed by atoms with E-state index in [0.29, 0.717) is 6.54 Å². The molecule has 1 heterocycles. The van der Waals surface area contributed by atoms with Crippen LogP contribution in [0.2, 0.25) is 0 Å². The topological polar surface area (TPSA) is 72.3 Å². The van der Waals surface area contributed by atoms with Gasteiger partial charge in [0.15, 0.2) is 0 Å². The van der Waals surface area contributed by atoms with E-state index < -0.39 is 5.54 Å². The Morgan fingerprint density at radius 2 is 1.93 bits per heavy atom. The molecule has 88 valence electrons. The smallest absolute Gasteiger partial charge is 0.242 e. The second kappa shape index (κ2) is 4.68. The lowest BCUT2D eigenvalue weighted by molar-refractivity contribution is -0.135. The number of nitrogens with two attached hydrogens (primary N) is 2. The molecule has 5 heteroatoms. The van der Waals surface area contributed by atoms with Gasteiger partial charge in [0.05, 0.1) is 5.54 Å². The average Bonchev–Trinajstić information content (AvgIpc) is 2.74. The van der Waals surface area contributed by atoms with Crippen molar-refractivity contribution >= 4 is 18.3 Å². The molecule has 0 aromatic carbocycles. The standard InChI is InChI=1S/C10H19N3O.ClH/c11-8-3-6-13(7-8)9(14)10(12)4-1-2-5-10;/h8H,1-7,11-12H2;1H/t8-;/m0./s1. The summed E-state index contributed by atoms with van der Waals surface area (Å²) in [5.41, 5.74) is 11.3. The van der Waals surface area contributed by atoms with Crippen molar-refractivity contribution in [1.29, 1.82) is 0 Å². The van der Waals surface area contributed by atoms with Crippen molar-refractivity contribution in [3.8, 4) is 0 Å². The molecule has 0 spiro atoms. The molecule has 15 heavy (non-hydrogen) atoms. The van der Waals surface area contributed by atoms with E-state index >= 15 is 0 Å². The maximum atomic E-state index is 12.1. The van der Waals surface area contributed by atoms with Crippen LogP contribution in [-0.4, -0.2) is 35.5 Å². The van der Waals surface area contributed by atoms with Crippen LogP contribution in [0.5, 0.6) is 0 Å². The molecule has 2 rings (SSSR count). The monoisotopic (exact) mass is 233 g/mol. The Labute approximate surface area is 96.8 Å². The van der Waals surface area contributed by atoms with Crippen LogP contribution in [0.1, 0.15) is 32.1 Å². The Kier molecular flexibility index (Phi) is 3.98. The Bertz CT molecular complexity index is 241. The summed E-state index contributed by atoms with van der Waals surface area (Å²) >= 11 is 0. The third-order valence-corrected chi connectivity index (χ3v) is 3.43. The molecule has 1 saturated heterocycles. The van der Waals surface area contributed by atoms with Gasteiger partial charge in [-0.2, -0.15) is 0 Å². The molecule has 0 aromatic heterocycles. The third-order valence-electron chi connectivity index (χ3n) is 3.43. The van der Waals surface area contributed by atoms with E-state index in [1.165, 1.54) is 0 Å². The molecule has 1 amide bonds. The molecule has 1 aliphatic heterocycles. The van der Waals surface area contributed by atoms with Crippen molar-refractivity contribution in [3.05, 3.63) is 0 Å². The first kappa shape index (κ1) is 12.7. The van der Waals surface area contributed by atoms with Crippen LogP contribution in [0, 0.1) is 0 Å². The van der Waals surface area contributed by atoms with E-state index in [-0.39, 0.29) is 24.4 Å². The SMILES string of the molecule is Cl.N[C@H]1CCN(C(=O)C2(N)CCCC2)C1. The molecule has 4 nitrogen and oxygen atoms in total. The van der Waals surface area contributed by atoms with E-state index in [1.807, 2.05) is 4.90 Å². The summed E-state index contributed by atoms with van der Waals surface area (Å²) in [5, 5.41) is 0. The number of carbonyl (C=O) groups excluding carboxylic acids is 1. The second-order valence-corrected chi connectivity index (χ2v) is 4.66. The van der Waals surface area contributed by atoms with Gasteiger partial charge in [0, 0.05) is 19.1 Å². The lowest BCUT2D eigenvalue weighted by Crippen LogP contribution is -2.53. The summed E-state index contributed by atoms with van der Waals surface area (Å²) in [6, 6.07) is 0.156. The van der Waals surface area contributed by atoms with E-state index in [4.69, 9.17) is 11.5 Å². The van der Waals surface area contributed by atoms with Gasteiger partial charge < -0.3 is 16.4 Å². The van der Waals surface area contributed by atoms with Gasteiger partial charge >= 0.3 is 0 Å². The number of hydrogen-bond donors (Lipinski definition) is 2. The number of rotatable bonds is 1. The van der Waals surface area contributed by atoms with Gasteiger partial charge in [-0.1, -0.05) is 12.8 Å². The first-order chi connectivity index (χ1) is 6.62. The van der Waals surface area contributed by atoms with Crippen molar-refractivity contribution in [2.24, 2.45) is 11.5 Å². The molecule has 1 saturated carbocycles. The zero-order chi connectivity index (χ0) is 10.2. The normalized spacial score (nSPS) is 28.9. The fraction of sp³-hybridized carbons (Fsp3) is 0.900. The Morgan fingerprint density at radius 1 is 1.33 bits per heavy atom. The number of amides is 1. The molecule has 2 aliphatic rings. The molecular weight excluding hydrogens is 214 g/mol. The highest BCUT2D eigenvalue weighted by Crippen LogP contribution is 2.29. The number of nitrogens with zero attached hydrogens (tertiary/aromatic N) is 1. The first-order valence-corrected chi connectivity index (χ1v) is 5.46. The number of carbonyl (C=O) groups is 1. The van der Waals surface area contributed by atoms with Crippen molar-refractivity contribution < 1.29 is 4.79 Å². The fourth-order valence-electron chi connectivity index (χ4n) is 2.51. The number of hydrogen-bond acceptors (Lipinski definition) is 3. The van der Waals surface area contributed by atoms with Crippen LogP contribution in [0.15, 0.2) is 0 Å². The minimum Gasteiger partial charge on any atom is -0.339 e. The van der Waals surface area contributed by atoms with E-state index in [2.05, 4.69) is 0 Å². The third kappa shape index (κ3) is 2.44. The van der Waals surface area contributed by atoms with Gasteiger partial charge in [0.1, 0.15) is 0 Å². The highest BCUT2D eigenvalue weighted by atomic mass is 35.5. The maximum absolute atomic E-state index is 12.1. The van der Waals surface area contributed by atoms with Crippen molar-refractivity contribution in [3.63, 3.8) is 0 Å². The van der Waals surface area contributed by atoms with Crippen LogP contribution in [0.25, 0.3) is 0 Å².